The highest BCUT2D eigenvalue weighted by Crippen LogP contribution is 2.22. The van der Waals surface area contributed by atoms with Crippen molar-refractivity contribution in [3.8, 4) is 0 Å². The lowest BCUT2D eigenvalue weighted by atomic mass is 9.88. The van der Waals surface area contributed by atoms with E-state index in [1.807, 2.05) is 32.0 Å². The third-order valence-corrected chi connectivity index (χ3v) is 4.78. The fraction of sp³-hybridized carbons (Fsp3) is 0.421. The fourth-order valence-corrected chi connectivity index (χ4v) is 3.14. The molecule has 0 saturated carbocycles. The molecule has 0 bridgehead atoms. The van der Waals surface area contributed by atoms with Crippen molar-refractivity contribution in [1.29, 1.82) is 0 Å². The molecule has 5 nitrogen and oxygen atoms in total. The topological polar surface area (TPSA) is 64.0 Å². The number of benzene rings is 1. The predicted molar refractivity (Wildman–Crippen MR) is 94.2 cm³/mol. The molecule has 3 rings (SSSR count). The molecule has 1 aliphatic rings. The molecule has 1 heterocycles. The number of fused-ring (bicyclic) bond motifs is 1. The van der Waals surface area contributed by atoms with Crippen LogP contribution in [-0.4, -0.2) is 15.7 Å². The van der Waals surface area contributed by atoms with E-state index in [-0.39, 0.29) is 18.0 Å². The van der Waals surface area contributed by atoms with E-state index in [9.17, 15) is 9.59 Å². The zero-order valence-corrected chi connectivity index (χ0v) is 14.4. The van der Waals surface area contributed by atoms with E-state index in [2.05, 4.69) is 17.3 Å². The molecule has 0 radical (unpaired) electrons. The average molecular weight is 325 g/mol. The van der Waals surface area contributed by atoms with Crippen LogP contribution in [0.5, 0.6) is 0 Å². The van der Waals surface area contributed by atoms with Gasteiger partial charge in [0.2, 0.25) is 5.91 Å². The number of hydrogen-bond donors (Lipinski definition) is 1. The summed E-state index contributed by atoms with van der Waals surface area (Å²) in [5.41, 5.74) is 4.70. The molecular formula is C19H23N3O2. The number of carbonyl (C=O) groups is 1. The number of hydrogen-bond acceptors (Lipinski definition) is 3. The van der Waals surface area contributed by atoms with Gasteiger partial charge in [-0.15, -0.1) is 0 Å². The van der Waals surface area contributed by atoms with Crippen molar-refractivity contribution in [2.24, 2.45) is 5.92 Å². The monoisotopic (exact) mass is 325 g/mol. The summed E-state index contributed by atoms with van der Waals surface area (Å²) >= 11 is 0. The highest BCUT2D eigenvalue weighted by Gasteiger charge is 2.19. The Kier molecular flexibility index (Phi) is 4.51. The summed E-state index contributed by atoms with van der Waals surface area (Å²) in [6, 6.07) is 7.41. The van der Waals surface area contributed by atoms with Gasteiger partial charge in [-0.05, 0) is 61.8 Å². The molecule has 1 amide bonds. The van der Waals surface area contributed by atoms with Crippen molar-refractivity contribution in [3.63, 3.8) is 0 Å². The van der Waals surface area contributed by atoms with Crippen LogP contribution in [0.1, 0.15) is 35.7 Å². The number of anilines is 1. The Morgan fingerprint density at radius 3 is 2.96 bits per heavy atom. The Balaban J connectivity index is 1.77. The number of aromatic nitrogens is 2. The van der Waals surface area contributed by atoms with Gasteiger partial charge in [-0.3, -0.25) is 9.59 Å². The summed E-state index contributed by atoms with van der Waals surface area (Å²) in [4.78, 5) is 24.5. The number of rotatable bonds is 3. The van der Waals surface area contributed by atoms with Crippen LogP contribution < -0.4 is 10.9 Å². The standard InChI is InChI=1S/C19H23N3O2/c1-12-7-8-17-15(9-12)10-19(24)22(21-17)11-18(23)20-16-6-4-5-13(2)14(16)3/h4-6,10,12H,7-9,11H2,1-3H3,(H,20,23)/t12-/m1/s1. The molecule has 5 heteroatoms. The molecule has 1 atom stereocenters. The number of carbonyl (C=O) groups excluding carboxylic acids is 1. The summed E-state index contributed by atoms with van der Waals surface area (Å²) in [6.45, 7) is 6.10. The Morgan fingerprint density at radius 2 is 2.17 bits per heavy atom. The zero-order chi connectivity index (χ0) is 17.3. The second kappa shape index (κ2) is 6.59. The maximum absolute atomic E-state index is 12.3. The van der Waals surface area contributed by atoms with Crippen molar-refractivity contribution in [1.82, 2.24) is 9.78 Å². The van der Waals surface area contributed by atoms with Crippen molar-refractivity contribution >= 4 is 11.6 Å². The zero-order valence-electron chi connectivity index (χ0n) is 14.4. The second-order valence-corrected chi connectivity index (χ2v) is 6.76. The Bertz CT molecular complexity index is 839. The lowest BCUT2D eigenvalue weighted by Crippen LogP contribution is -2.32. The molecule has 1 aromatic heterocycles. The maximum atomic E-state index is 12.3. The van der Waals surface area contributed by atoms with E-state index in [0.717, 1.165) is 47.3 Å². The first kappa shape index (κ1) is 16.4. The molecule has 24 heavy (non-hydrogen) atoms. The van der Waals surface area contributed by atoms with E-state index in [1.165, 1.54) is 4.68 Å². The van der Waals surface area contributed by atoms with Gasteiger partial charge in [-0.1, -0.05) is 19.1 Å². The number of amides is 1. The lowest BCUT2D eigenvalue weighted by Gasteiger charge is -2.20. The Hall–Kier alpha value is -2.43. The van der Waals surface area contributed by atoms with Crippen LogP contribution in [0.3, 0.4) is 0 Å². The second-order valence-electron chi connectivity index (χ2n) is 6.76. The molecule has 0 saturated heterocycles. The molecule has 0 fully saturated rings. The molecule has 0 aliphatic heterocycles. The number of nitrogens with one attached hydrogen (secondary N) is 1. The van der Waals surface area contributed by atoms with Crippen molar-refractivity contribution in [3.05, 3.63) is 57.0 Å². The lowest BCUT2D eigenvalue weighted by molar-refractivity contribution is -0.117. The van der Waals surface area contributed by atoms with Gasteiger partial charge in [0.1, 0.15) is 6.54 Å². The summed E-state index contributed by atoms with van der Waals surface area (Å²) in [5, 5.41) is 7.29. The van der Waals surface area contributed by atoms with Gasteiger partial charge in [-0.2, -0.15) is 5.10 Å². The molecule has 126 valence electrons. The average Bonchev–Trinajstić information content (AvgIpc) is 2.53. The van der Waals surface area contributed by atoms with Crippen LogP contribution in [0.25, 0.3) is 0 Å². The molecular weight excluding hydrogens is 302 g/mol. The highest BCUT2D eigenvalue weighted by atomic mass is 16.2. The Labute approximate surface area is 141 Å². The predicted octanol–water partition coefficient (Wildman–Crippen LogP) is 2.62. The summed E-state index contributed by atoms with van der Waals surface area (Å²) in [6.07, 6.45) is 2.84. The van der Waals surface area contributed by atoms with Gasteiger partial charge < -0.3 is 5.32 Å². The third kappa shape index (κ3) is 3.40. The van der Waals surface area contributed by atoms with Gasteiger partial charge in [0, 0.05) is 11.8 Å². The Morgan fingerprint density at radius 1 is 1.38 bits per heavy atom. The molecule has 1 aliphatic carbocycles. The van der Waals surface area contributed by atoms with E-state index in [1.54, 1.807) is 6.07 Å². The van der Waals surface area contributed by atoms with Gasteiger partial charge in [0.25, 0.3) is 5.56 Å². The van der Waals surface area contributed by atoms with Crippen LogP contribution in [0, 0.1) is 19.8 Å². The summed E-state index contributed by atoms with van der Waals surface area (Å²) in [5.74, 6) is 0.351. The van der Waals surface area contributed by atoms with E-state index in [0.29, 0.717) is 5.92 Å². The van der Waals surface area contributed by atoms with Gasteiger partial charge >= 0.3 is 0 Å². The van der Waals surface area contributed by atoms with Crippen molar-refractivity contribution in [2.45, 2.75) is 46.6 Å². The van der Waals surface area contributed by atoms with E-state index in [4.69, 9.17) is 0 Å². The minimum absolute atomic E-state index is 0.0605. The maximum Gasteiger partial charge on any atom is 0.267 e. The van der Waals surface area contributed by atoms with Crippen LogP contribution in [-0.2, 0) is 24.2 Å². The van der Waals surface area contributed by atoms with Crippen LogP contribution in [0.4, 0.5) is 5.69 Å². The molecule has 0 spiro atoms. The van der Waals surface area contributed by atoms with Crippen LogP contribution in [0.15, 0.2) is 29.1 Å². The number of aryl methyl sites for hydroxylation is 2. The van der Waals surface area contributed by atoms with Crippen molar-refractivity contribution < 1.29 is 4.79 Å². The smallest absolute Gasteiger partial charge is 0.267 e. The highest BCUT2D eigenvalue weighted by molar-refractivity contribution is 5.91. The SMILES string of the molecule is Cc1cccc(NC(=O)Cn2nc3c(cc2=O)C[C@H](C)CC3)c1C. The van der Waals surface area contributed by atoms with Crippen LogP contribution in [0.2, 0.25) is 0 Å². The minimum Gasteiger partial charge on any atom is -0.324 e. The fourth-order valence-electron chi connectivity index (χ4n) is 3.14. The third-order valence-electron chi connectivity index (χ3n) is 4.78. The minimum atomic E-state index is -0.234. The normalized spacial score (nSPS) is 16.5. The van der Waals surface area contributed by atoms with E-state index < -0.39 is 0 Å². The van der Waals surface area contributed by atoms with E-state index >= 15 is 0 Å². The first-order valence-corrected chi connectivity index (χ1v) is 8.40. The summed E-state index contributed by atoms with van der Waals surface area (Å²) in [7, 11) is 0. The van der Waals surface area contributed by atoms with Gasteiger partial charge in [-0.25, -0.2) is 4.68 Å². The van der Waals surface area contributed by atoms with Gasteiger partial charge in [0.15, 0.2) is 0 Å². The quantitative estimate of drug-likeness (QED) is 0.943. The summed E-state index contributed by atoms with van der Waals surface area (Å²) < 4.78 is 1.27. The largest absolute Gasteiger partial charge is 0.324 e. The van der Waals surface area contributed by atoms with Crippen molar-refractivity contribution in [2.75, 3.05) is 5.32 Å². The first-order chi connectivity index (χ1) is 11.4. The molecule has 0 unspecified atom stereocenters. The molecule has 2 aromatic rings. The number of nitrogens with zero attached hydrogens (tertiary/aromatic N) is 2. The molecule has 1 N–H and O–H groups in total. The first-order valence-electron chi connectivity index (χ1n) is 8.40. The van der Waals surface area contributed by atoms with Crippen LogP contribution >= 0.6 is 0 Å². The van der Waals surface area contributed by atoms with Gasteiger partial charge in [0.05, 0.1) is 5.69 Å². The molecule has 1 aromatic carbocycles.